The number of hydrogen-bond acceptors (Lipinski definition) is 3. The first-order valence-electron chi connectivity index (χ1n) is 8.36. The van der Waals surface area contributed by atoms with Crippen LogP contribution < -0.4 is 4.72 Å². The van der Waals surface area contributed by atoms with Crippen molar-refractivity contribution in [3.05, 3.63) is 77.7 Å². The zero-order valence-electron chi connectivity index (χ0n) is 14.4. The van der Waals surface area contributed by atoms with Crippen LogP contribution in [0.4, 0.5) is 10.2 Å². The highest BCUT2D eigenvalue weighted by molar-refractivity contribution is 7.92. The van der Waals surface area contributed by atoms with Gasteiger partial charge >= 0.3 is 0 Å². The fourth-order valence-corrected chi connectivity index (χ4v) is 3.62. The molecule has 2 aromatic carbocycles. The van der Waals surface area contributed by atoms with Crippen LogP contribution in [0.25, 0.3) is 0 Å². The van der Waals surface area contributed by atoms with E-state index in [0.717, 1.165) is 18.4 Å². The number of benzene rings is 2. The van der Waals surface area contributed by atoms with Crippen molar-refractivity contribution in [3.8, 4) is 0 Å². The van der Waals surface area contributed by atoms with Crippen LogP contribution >= 0.6 is 0 Å². The molecule has 0 saturated carbocycles. The second-order valence-electron chi connectivity index (χ2n) is 5.99. The Balaban J connectivity index is 1.72. The minimum Gasteiger partial charge on any atom is -0.266 e. The molecule has 7 heteroatoms. The Morgan fingerprint density at radius 1 is 1.08 bits per heavy atom. The quantitative estimate of drug-likeness (QED) is 0.685. The lowest BCUT2D eigenvalue weighted by atomic mass is 10.1. The molecule has 0 radical (unpaired) electrons. The van der Waals surface area contributed by atoms with Gasteiger partial charge in [0, 0.05) is 17.8 Å². The maximum Gasteiger partial charge on any atom is 0.263 e. The number of halogens is 1. The smallest absolute Gasteiger partial charge is 0.263 e. The number of sulfonamides is 1. The van der Waals surface area contributed by atoms with E-state index in [1.807, 2.05) is 12.1 Å². The number of rotatable bonds is 7. The highest BCUT2D eigenvalue weighted by Gasteiger charge is 2.15. The minimum absolute atomic E-state index is 0.181. The van der Waals surface area contributed by atoms with Gasteiger partial charge in [0.2, 0.25) is 0 Å². The molecule has 0 saturated heterocycles. The molecular formula is C19H20FN3O2S. The van der Waals surface area contributed by atoms with Gasteiger partial charge in [-0.2, -0.15) is 5.10 Å². The summed E-state index contributed by atoms with van der Waals surface area (Å²) in [7, 11) is -3.71. The topological polar surface area (TPSA) is 64.0 Å². The third kappa shape index (κ3) is 4.29. The van der Waals surface area contributed by atoms with E-state index in [9.17, 15) is 12.8 Å². The molecule has 0 amide bonds. The van der Waals surface area contributed by atoms with Crippen LogP contribution in [0.2, 0.25) is 0 Å². The van der Waals surface area contributed by atoms with E-state index in [1.54, 1.807) is 42.6 Å². The fourth-order valence-electron chi connectivity index (χ4n) is 2.63. The van der Waals surface area contributed by atoms with Gasteiger partial charge in [-0.1, -0.05) is 43.7 Å². The molecule has 0 unspecified atom stereocenters. The van der Waals surface area contributed by atoms with Crippen molar-refractivity contribution < 1.29 is 12.8 Å². The number of aryl methyl sites for hydroxylation is 1. The third-order valence-electron chi connectivity index (χ3n) is 3.94. The van der Waals surface area contributed by atoms with Crippen LogP contribution in [0.15, 0.2) is 65.7 Å². The Morgan fingerprint density at radius 2 is 1.81 bits per heavy atom. The van der Waals surface area contributed by atoms with Crippen LogP contribution in [-0.4, -0.2) is 18.2 Å². The summed E-state index contributed by atoms with van der Waals surface area (Å²) < 4.78 is 42.6. The second-order valence-corrected chi connectivity index (χ2v) is 7.67. The predicted octanol–water partition coefficient (Wildman–Crippen LogP) is 3.82. The highest BCUT2D eigenvalue weighted by Crippen LogP contribution is 2.16. The normalized spacial score (nSPS) is 11.5. The zero-order valence-corrected chi connectivity index (χ0v) is 15.2. The van der Waals surface area contributed by atoms with Crippen LogP contribution in [0.5, 0.6) is 0 Å². The highest BCUT2D eigenvalue weighted by atomic mass is 32.2. The first kappa shape index (κ1) is 18.1. The van der Waals surface area contributed by atoms with Crippen molar-refractivity contribution >= 4 is 15.8 Å². The molecular weight excluding hydrogens is 353 g/mol. The second kappa shape index (κ2) is 7.70. The van der Waals surface area contributed by atoms with Crippen molar-refractivity contribution in [2.45, 2.75) is 31.2 Å². The Labute approximate surface area is 152 Å². The summed E-state index contributed by atoms with van der Waals surface area (Å²) in [6, 6.07) is 14.8. The summed E-state index contributed by atoms with van der Waals surface area (Å²) in [5, 5.41) is 4.16. The van der Waals surface area contributed by atoms with Crippen LogP contribution in [0, 0.1) is 5.82 Å². The first-order valence-corrected chi connectivity index (χ1v) is 9.85. The first-order chi connectivity index (χ1) is 12.5. The molecule has 136 valence electrons. The number of nitrogens with one attached hydrogen (secondary N) is 1. The summed E-state index contributed by atoms with van der Waals surface area (Å²) >= 11 is 0. The van der Waals surface area contributed by atoms with Gasteiger partial charge in [-0.3, -0.25) is 9.40 Å². The molecule has 0 fully saturated rings. The number of nitrogens with zero attached hydrogens (tertiary/aromatic N) is 2. The van der Waals surface area contributed by atoms with Gasteiger partial charge in [0.25, 0.3) is 10.0 Å². The molecule has 0 atom stereocenters. The van der Waals surface area contributed by atoms with Crippen molar-refractivity contribution in [1.82, 2.24) is 9.78 Å². The van der Waals surface area contributed by atoms with Crippen LogP contribution in [0.3, 0.4) is 0 Å². The van der Waals surface area contributed by atoms with E-state index in [0.29, 0.717) is 5.56 Å². The third-order valence-corrected chi connectivity index (χ3v) is 5.31. The maximum absolute atomic E-state index is 13.7. The molecule has 0 aliphatic carbocycles. The Bertz CT molecular complexity index is 982. The standard InChI is InChI=1S/C19H20FN3O2S/c1-2-5-15-8-10-17(11-9-15)26(24,25)22-19-12-13-23(21-19)14-16-6-3-4-7-18(16)20/h3-4,6-13H,2,5,14H2,1H3,(H,21,22). The molecule has 1 N–H and O–H groups in total. The zero-order chi connectivity index (χ0) is 18.6. The molecule has 1 aromatic heterocycles. The van der Waals surface area contributed by atoms with E-state index in [1.165, 1.54) is 10.7 Å². The molecule has 0 bridgehead atoms. The largest absolute Gasteiger partial charge is 0.266 e. The van der Waals surface area contributed by atoms with Crippen molar-refractivity contribution in [3.63, 3.8) is 0 Å². The Hall–Kier alpha value is -2.67. The van der Waals surface area contributed by atoms with Crippen molar-refractivity contribution in [2.24, 2.45) is 0 Å². The summed E-state index contributed by atoms with van der Waals surface area (Å²) in [5.74, 6) is -0.128. The molecule has 0 spiro atoms. The van der Waals surface area contributed by atoms with Gasteiger partial charge in [0.15, 0.2) is 5.82 Å². The summed E-state index contributed by atoms with van der Waals surface area (Å²) in [4.78, 5) is 0.181. The number of hydrogen-bond donors (Lipinski definition) is 1. The van der Waals surface area contributed by atoms with Gasteiger partial charge in [0.1, 0.15) is 5.82 Å². The van der Waals surface area contributed by atoms with E-state index in [-0.39, 0.29) is 23.1 Å². The number of anilines is 1. The average Bonchev–Trinajstić information content (AvgIpc) is 3.04. The Morgan fingerprint density at radius 3 is 2.50 bits per heavy atom. The van der Waals surface area contributed by atoms with E-state index < -0.39 is 10.0 Å². The molecule has 0 aliphatic heterocycles. The molecule has 3 aromatic rings. The van der Waals surface area contributed by atoms with Crippen molar-refractivity contribution in [2.75, 3.05) is 4.72 Å². The van der Waals surface area contributed by atoms with Gasteiger partial charge in [0.05, 0.1) is 11.4 Å². The van der Waals surface area contributed by atoms with Gasteiger partial charge < -0.3 is 0 Å². The minimum atomic E-state index is -3.71. The number of aromatic nitrogens is 2. The summed E-state index contributed by atoms with van der Waals surface area (Å²) in [6.07, 6.45) is 3.52. The van der Waals surface area contributed by atoms with Crippen molar-refractivity contribution in [1.29, 1.82) is 0 Å². The lowest BCUT2D eigenvalue weighted by Crippen LogP contribution is -2.14. The summed E-state index contributed by atoms with van der Waals surface area (Å²) in [6.45, 7) is 2.30. The average molecular weight is 373 g/mol. The lowest BCUT2D eigenvalue weighted by molar-refractivity contribution is 0.585. The molecule has 26 heavy (non-hydrogen) atoms. The maximum atomic E-state index is 13.7. The summed E-state index contributed by atoms with van der Waals surface area (Å²) in [5.41, 5.74) is 1.58. The van der Waals surface area contributed by atoms with E-state index >= 15 is 0 Å². The van der Waals surface area contributed by atoms with E-state index in [2.05, 4.69) is 16.7 Å². The lowest BCUT2D eigenvalue weighted by Gasteiger charge is -2.07. The molecule has 3 rings (SSSR count). The predicted molar refractivity (Wildman–Crippen MR) is 99.0 cm³/mol. The monoisotopic (exact) mass is 373 g/mol. The molecule has 5 nitrogen and oxygen atoms in total. The molecule has 0 aliphatic rings. The fraction of sp³-hybridized carbons (Fsp3) is 0.211. The Kier molecular flexibility index (Phi) is 5.37. The van der Waals surface area contributed by atoms with Gasteiger partial charge in [-0.05, 0) is 30.2 Å². The van der Waals surface area contributed by atoms with Crippen LogP contribution in [-0.2, 0) is 23.0 Å². The van der Waals surface area contributed by atoms with Gasteiger partial charge in [-0.15, -0.1) is 0 Å². The molecule has 1 heterocycles. The SMILES string of the molecule is CCCc1ccc(S(=O)(=O)Nc2ccn(Cc3ccccc3F)n2)cc1. The van der Waals surface area contributed by atoms with Crippen LogP contribution in [0.1, 0.15) is 24.5 Å². The van der Waals surface area contributed by atoms with Gasteiger partial charge in [-0.25, -0.2) is 12.8 Å². The van der Waals surface area contributed by atoms with E-state index in [4.69, 9.17) is 0 Å².